The SMILES string of the molecule is Cc1cc(-n2cc(F)cn2)c2cccc(OCc3c(Cl)cc(F)cc3[C@H](C)N3CCNCC3=O)c2n1. The average molecular weight is 512 g/mol. The number of nitrogens with zero attached hydrogens (tertiary/aromatic N) is 4. The molecule has 0 aliphatic carbocycles. The lowest BCUT2D eigenvalue weighted by molar-refractivity contribution is -0.134. The molecule has 1 aliphatic heterocycles. The van der Waals surface area contributed by atoms with E-state index in [4.69, 9.17) is 16.3 Å². The van der Waals surface area contributed by atoms with Crippen molar-refractivity contribution in [3.05, 3.63) is 82.3 Å². The molecule has 1 N–H and O–H groups in total. The number of carbonyl (C=O) groups excluding carboxylic acids is 1. The Labute approximate surface area is 211 Å². The summed E-state index contributed by atoms with van der Waals surface area (Å²) < 4.78 is 35.7. The van der Waals surface area contributed by atoms with E-state index in [1.165, 1.54) is 23.0 Å². The van der Waals surface area contributed by atoms with Crippen LogP contribution < -0.4 is 10.1 Å². The summed E-state index contributed by atoms with van der Waals surface area (Å²) in [5.74, 6) is -0.494. The summed E-state index contributed by atoms with van der Waals surface area (Å²) in [6.07, 6.45) is 2.44. The third-order valence-electron chi connectivity index (χ3n) is 6.32. The van der Waals surface area contributed by atoms with Gasteiger partial charge in [-0.2, -0.15) is 5.10 Å². The molecule has 3 heterocycles. The minimum atomic E-state index is -0.480. The van der Waals surface area contributed by atoms with E-state index in [1.807, 2.05) is 32.0 Å². The number of fused-ring (bicyclic) bond motifs is 1. The lowest BCUT2D eigenvalue weighted by atomic mass is 9.99. The molecule has 1 saturated heterocycles. The largest absolute Gasteiger partial charge is 0.487 e. The first-order valence-corrected chi connectivity index (χ1v) is 11.9. The van der Waals surface area contributed by atoms with Gasteiger partial charge < -0.3 is 15.0 Å². The third kappa shape index (κ3) is 4.64. The Kier molecular flexibility index (Phi) is 6.59. The van der Waals surface area contributed by atoms with E-state index in [0.717, 1.165) is 11.6 Å². The molecule has 5 rings (SSSR count). The highest BCUT2D eigenvalue weighted by molar-refractivity contribution is 6.31. The van der Waals surface area contributed by atoms with Crippen molar-refractivity contribution in [3.63, 3.8) is 0 Å². The van der Waals surface area contributed by atoms with Crippen molar-refractivity contribution in [1.82, 2.24) is 25.0 Å². The number of amides is 1. The molecular formula is C26H24ClF2N5O2. The maximum absolute atomic E-state index is 14.4. The van der Waals surface area contributed by atoms with Crippen LogP contribution in [0.5, 0.6) is 5.75 Å². The van der Waals surface area contributed by atoms with Crippen molar-refractivity contribution in [2.45, 2.75) is 26.5 Å². The normalized spacial score (nSPS) is 14.9. The monoisotopic (exact) mass is 511 g/mol. The molecule has 0 bridgehead atoms. The zero-order valence-corrected chi connectivity index (χ0v) is 20.5. The molecule has 1 amide bonds. The molecule has 0 unspecified atom stereocenters. The van der Waals surface area contributed by atoms with Gasteiger partial charge in [-0.15, -0.1) is 0 Å². The summed E-state index contributed by atoms with van der Waals surface area (Å²) in [6.45, 7) is 5.14. The van der Waals surface area contributed by atoms with Crippen LogP contribution in [0.3, 0.4) is 0 Å². The Balaban J connectivity index is 1.51. The second-order valence-electron chi connectivity index (χ2n) is 8.72. The number of hydrogen-bond acceptors (Lipinski definition) is 5. The van der Waals surface area contributed by atoms with Crippen LogP contribution in [0.4, 0.5) is 8.78 Å². The van der Waals surface area contributed by atoms with Gasteiger partial charge in [-0.05, 0) is 43.7 Å². The number of halogens is 3. The predicted octanol–water partition coefficient (Wildman–Crippen LogP) is 4.73. The summed E-state index contributed by atoms with van der Waals surface area (Å²) in [6, 6.07) is 9.53. The standard InChI is InChI=1S/C26H24ClF2N5O2/c1-15-8-23(34-13-18(29)11-31-34)19-4-3-5-24(26(19)32-15)36-14-21-20(9-17(28)10-22(21)27)16(2)33-7-6-30-12-25(33)35/h3-5,8-11,13,16,30H,6-7,12,14H2,1-2H3/t16-/m0/s1. The first kappa shape index (κ1) is 24.1. The Morgan fingerprint density at radius 1 is 1.22 bits per heavy atom. The highest BCUT2D eigenvalue weighted by atomic mass is 35.5. The number of aryl methyl sites for hydroxylation is 1. The van der Waals surface area contributed by atoms with Crippen molar-refractivity contribution in [2.24, 2.45) is 0 Å². The van der Waals surface area contributed by atoms with Crippen LogP contribution in [-0.4, -0.2) is 45.2 Å². The van der Waals surface area contributed by atoms with Crippen LogP contribution in [-0.2, 0) is 11.4 Å². The Hall–Kier alpha value is -3.56. The number of para-hydroxylation sites is 1. The molecule has 10 heteroatoms. The van der Waals surface area contributed by atoms with E-state index in [1.54, 1.807) is 11.0 Å². The van der Waals surface area contributed by atoms with Crippen LogP contribution in [0.2, 0.25) is 5.02 Å². The second-order valence-corrected chi connectivity index (χ2v) is 9.13. The third-order valence-corrected chi connectivity index (χ3v) is 6.65. The van der Waals surface area contributed by atoms with Gasteiger partial charge in [0.25, 0.3) is 0 Å². The van der Waals surface area contributed by atoms with E-state index in [9.17, 15) is 13.6 Å². The number of aromatic nitrogens is 3. The highest BCUT2D eigenvalue weighted by Crippen LogP contribution is 2.34. The first-order valence-electron chi connectivity index (χ1n) is 11.5. The Bertz CT molecular complexity index is 1460. The second kappa shape index (κ2) is 9.83. The number of nitrogens with one attached hydrogen (secondary N) is 1. The quantitative estimate of drug-likeness (QED) is 0.405. The number of piperazine rings is 1. The zero-order valence-electron chi connectivity index (χ0n) is 19.8. The fraction of sp³-hybridized carbons (Fsp3) is 0.269. The predicted molar refractivity (Wildman–Crippen MR) is 132 cm³/mol. The van der Waals surface area contributed by atoms with Crippen molar-refractivity contribution < 1.29 is 18.3 Å². The number of pyridine rings is 1. The number of hydrogen-bond donors (Lipinski definition) is 1. The summed E-state index contributed by atoms with van der Waals surface area (Å²) in [7, 11) is 0. The topological polar surface area (TPSA) is 72.3 Å². The van der Waals surface area contributed by atoms with Crippen LogP contribution in [0.1, 0.15) is 29.8 Å². The van der Waals surface area contributed by atoms with E-state index in [0.29, 0.717) is 46.9 Å². The van der Waals surface area contributed by atoms with Gasteiger partial charge in [-0.25, -0.2) is 18.4 Å². The molecule has 186 valence electrons. The lowest BCUT2D eigenvalue weighted by Gasteiger charge is -2.34. The maximum Gasteiger partial charge on any atom is 0.237 e. The molecule has 0 radical (unpaired) electrons. The fourth-order valence-electron chi connectivity index (χ4n) is 4.56. The van der Waals surface area contributed by atoms with Gasteiger partial charge >= 0.3 is 0 Å². The molecule has 7 nitrogen and oxygen atoms in total. The number of ether oxygens (including phenoxy) is 1. The summed E-state index contributed by atoms with van der Waals surface area (Å²) in [4.78, 5) is 18.8. The first-order chi connectivity index (χ1) is 17.3. The van der Waals surface area contributed by atoms with Gasteiger partial charge in [0.1, 0.15) is 23.7 Å². The van der Waals surface area contributed by atoms with Crippen LogP contribution >= 0.6 is 11.6 Å². The zero-order chi connectivity index (χ0) is 25.4. The van der Waals surface area contributed by atoms with Crippen molar-refractivity contribution >= 4 is 28.4 Å². The minimum absolute atomic E-state index is 0.0412. The van der Waals surface area contributed by atoms with Gasteiger partial charge in [-0.3, -0.25) is 4.79 Å². The molecule has 2 aromatic heterocycles. The number of carbonyl (C=O) groups is 1. The molecule has 1 fully saturated rings. The molecule has 1 aliphatic rings. The molecule has 0 spiro atoms. The molecule has 2 aromatic carbocycles. The highest BCUT2D eigenvalue weighted by Gasteiger charge is 2.27. The summed E-state index contributed by atoms with van der Waals surface area (Å²) >= 11 is 6.47. The summed E-state index contributed by atoms with van der Waals surface area (Å²) in [5, 5.41) is 8.08. The smallest absolute Gasteiger partial charge is 0.237 e. The van der Waals surface area contributed by atoms with Crippen LogP contribution in [0, 0.1) is 18.6 Å². The molecule has 1 atom stereocenters. The Morgan fingerprint density at radius 3 is 2.81 bits per heavy atom. The maximum atomic E-state index is 14.4. The Morgan fingerprint density at radius 2 is 2.06 bits per heavy atom. The number of benzene rings is 2. The molecule has 0 saturated carbocycles. The number of rotatable bonds is 6. The van der Waals surface area contributed by atoms with E-state index in [2.05, 4.69) is 15.4 Å². The molecular weight excluding hydrogens is 488 g/mol. The summed E-state index contributed by atoms with van der Waals surface area (Å²) in [5.41, 5.74) is 3.13. The van der Waals surface area contributed by atoms with Gasteiger partial charge in [0, 0.05) is 29.7 Å². The van der Waals surface area contributed by atoms with Crippen LogP contribution in [0.25, 0.3) is 16.6 Å². The lowest BCUT2D eigenvalue weighted by Crippen LogP contribution is -2.49. The van der Waals surface area contributed by atoms with Crippen molar-refractivity contribution in [3.8, 4) is 11.4 Å². The van der Waals surface area contributed by atoms with Gasteiger partial charge in [0.05, 0.1) is 35.7 Å². The van der Waals surface area contributed by atoms with Gasteiger partial charge in [0.15, 0.2) is 5.82 Å². The van der Waals surface area contributed by atoms with Crippen LogP contribution in [0.15, 0.2) is 48.8 Å². The fourth-order valence-corrected chi connectivity index (χ4v) is 4.83. The van der Waals surface area contributed by atoms with Gasteiger partial charge in [0.2, 0.25) is 5.91 Å². The van der Waals surface area contributed by atoms with E-state index >= 15 is 0 Å². The molecule has 36 heavy (non-hydrogen) atoms. The average Bonchev–Trinajstić information content (AvgIpc) is 3.28. The molecule has 4 aromatic rings. The minimum Gasteiger partial charge on any atom is -0.487 e. The van der Waals surface area contributed by atoms with E-state index < -0.39 is 11.6 Å². The van der Waals surface area contributed by atoms with Crippen molar-refractivity contribution in [1.29, 1.82) is 0 Å². The van der Waals surface area contributed by atoms with Gasteiger partial charge in [-0.1, -0.05) is 23.7 Å². The van der Waals surface area contributed by atoms with Crippen molar-refractivity contribution in [2.75, 3.05) is 19.6 Å². The van der Waals surface area contributed by atoms with E-state index in [-0.39, 0.29) is 30.1 Å².